The molecule has 30 heavy (non-hydrogen) atoms. The van der Waals surface area contributed by atoms with Gasteiger partial charge in [0.05, 0.1) is 5.60 Å². The highest BCUT2D eigenvalue weighted by Crippen LogP contribution is 2.66. The van der Waals surface area contributed by atoms with Crippen molar-refractivity contribution in [2.45, 2.75) is 76.6 Å². The van der Waals surface area contributed by atoms with Gasteiger partial charge in [-0.1, -0.05) is 44.2 Å². The Kier molecular flexibility index (Phi) is 5.39. The molecule has 1 heterocycles. The lowest BCUT2D eigenvalue weighted by Crippen LogP contribution is -2.54. The molecule has 4 nitrogen and oxygen atoms in total. The second-order valence-electron chi connectivity index (χ2n) is 11.1. The third-order valence-corrected chi connectivity index (χ3v) is 10.9. The highest BCUT2D eigenvalue weighted by Gasteiger charge is 2.56. The molecule has 1 aromatic rings. The van der Waals surface area contributed by atoms with Crippen molar-refractivity contribution in [3.63, 3.8) is 0 Å². The Morgan fingerprint density at radius 2 is 1.67 bits per heavy atom. The zero-order valence-corrected chi connectivity index (χ0v) is 19.3. The molecule has 0 spiro atoms. The summed E-state index contributed by atoms with van der Waals surface area (Å²) in [7, 11) is -3.02. The van der Waals surface area contributed by atoms with Crippen molar-refractivity contribution in [1.29, 1.82) is 0 Å². The molecule has 1 saturated heterocycles. The van der Waals surface area contributed by atoms with Crippen LogP contribution in [0.25, 0.3) is 0 Å². The van der Waals surface area contributed by atoms with Crippen molar-refractivity contribution in [1.82, 2.24) is 5.32 Å². The Morgan fingerprint density at radius 3 is 2.23 bits per heavy atom. The number of benzene rings is 1. The van der Waals surface area contributed by atoms with Gasteiger partial charge in [0.1, 0.15) is 5.78 Å². The molecule has 1 N–H and O–H groups in total. The molecular formula is C25H36NO3P. The predicted octanol–water partition coefficient (Wildman–Crippen LogP) is 5.61. The molecule has 1 aliphatic heterocycles. The predicted molar refractivity (Wildman–Crippen MR) is 119 cm³/mol. The van der Waals surface area contributed by atoms with Gasteiger partial charge < -0.3 is 9.84 Å². The van der Waals surface area contributed by atoms with E-state index in [2.05, 4.69) is 31.3 Å². The first-order valence-electron chi connectivity index (χ1n) is 12.0. The molecule has 5 heteroatoms. The SMILES string of the molecule is CC(C)CC1CP(=O)(OC23CC4CC(CC(C4)C2)C3)C(Cc2ccccc2)NC1=O. The van der Waals surface area contributed by atoms with Crippen molar-refractivity contribution >= 4 is 13.3 Å². The quantitative estimate of drug-likeness (QED) is 0.598. The van der Waals surface area contributed by atoms with Crippen molar-refractivity contribution in [2.75, 3.05) is 6.16 Å². The van der Waals surface area contributed by atoms with Crippen LogP contribution < -0.4 is 5.32 Å². The van der Waals surface area contributed by atoms with Gasteiger partial charge in [0.2, 0.25) is 13.3 Å². The monoisotopic (exact) mass is 429 g/mol. The van der Waals surface area contributed by atoms with E-state index in [1.165, 1.54) is 19.3 Å². The molecule has 0 aromatic heterocycles. The fourth-order valence-electron chi connectivity index (χ4n) is 7.25. The van der Waals surface area contributed by atoms with Crippen molar-refractivity contribution < 1.29 is 13.9 Å². The van der Waals surface area contributed by atoms with E-state index < -0.39 is 13.2 Å². The van der Waals surface area contributed by atoms with Gasteiger partial charge in [0, 0.05) is 18.5 Å². The Hall–Kier alpha value is -1.12. The molecule has 1 aromatic carbocycles. The minimum atomic E-state index is -3.02. The summed E-state index contributed by atoms with van der Waals surface area (Å²) >= 11 is 0. The summed E-state index contributed by atoms with van der Waals surface area (Å²) in [6.45, 7) is 4.27. The van der Waals surface area contributed by atoms with Crippen LogP contribution in [-0.4, -0.2) is 23.5 Å². The lowest BCUT2D eigenvalue weighted by Gasteiger charge is -2.57. The number of rotatable bonds is 6. The Bertz CT molecular complexity index is 801. The van der Waals surface area contributed by atoms with Crippen LogP contribution in [0.1, 0.15) is 64.4 Å². The van der Waals surface area contributed by atoms with Gasteiger partial charge in [0.15, 0.2) is 0 Å². The second kappa shape index (κ2) is 7.78. The summed E-state index contributed by atoms with van der Waals surface area (Å²) in [5, 5.41) is 3.17. The maximum Gasteiger partial charge on any atom is 0.226 e. The third-order valence-electron chi connectivity index (χ3n) is 7.99. The molecule has 164 valence electrons. The molecule has 4 aliphatic carbocycles. The van der Waals surface area contributed by atoms with Gasteiger partial charge >= 0.3 is 0 Å². The van der Waals surface area contributed by atoms with E-state index in [4.69, 9.17) is 4.52 Å². The number of carbonyl (C=O) groups excluding carboxylic acids is 1. The Balaban J connectivity index is 1.42. The van der Waals surface area contributed by atoms with Gasteiger partial charge in [-0.2, -0.15) is 0 Å². The van der Waals surface area contributed by atoms with Crippen molar-refractivity contribution in [2.24, 2.45) is 29.6 Å². The van der Waals surface area contributed by atoms with Crippen LogP contribution in [0.5, 0.6) is 0 Å². The summed E-state index contributed by atoms with van der Waals surface area (Å²) in [6.07, 6.45) is 9.02. The minimum Gasteiger partial charge on any atom is -0.344 e. The average Bonchev–Trinajstić information content (AvgIpc) is 2.65. The minimum absolute atomic E-state index is 0.0604. The molecular weight excluding hydrogens is 393 g/mol. The van der Waals surface area contributed by atoms with Crippen molar-refractivity contribution in [3.05, 3.63) is 35.9 Å². The normalized spacial score (nSPS) is 42.5. The molecule has 3 unspecified atom stereocenters. The van der Waals surface area contributed by atoms with Crippen LogP contribution in [0.2, 0.25) is 0 Å². The van der Waals surface area contributed by atoms with E-state index in [0.717, 1.165) is 49.0 Å². The molecule has 1 amide bonds. The number of amides is 1. The largest absolute Gasteiger partial charge is 0.344 e. The fourth-order valence-corrected chi connectivity index (χ4v) is 10.3. The smallest absolute Gasteiger partial charge is 0.226 e. The maximum atomic E-state index is 14.6. The molecule has 5 aliphatic rings. The van der Waals surface area contributed by atoms with E-state index in [-0.39, 0.29) is 17.4 Å². The van der Waals surface area contributed by atoms with E-state index >= 15 is 0 Å². The number of carbonyl (C=O) groups is 1. The van der Waals surface area contributed by atoms with E-state index in [1.54, 1.807) is 0 Å². The standard InChI is InChI=1S/C25H36NO3P/c1-17(2)8-22-16-30(28,23(26-24(22)27)12-18-6-4-3-5-7-18)29-25-13-19-9-20(14-25)11-21(10-19)15-25/h3-7,17,19-23H,8-16H2,1-2H3,(H,26,27). The zero-order chi connectivity index (χ0) is 20.9. The summed E-state index contributed by atoms with van der Waals surface area (Å²) in [5.41, 5.74) is 0.906. The molecule has 5 fully saturated rings. The number of hydrogen-bond acceptors (Lipinski definition) is 3. The van der Waals surface area contributed by atoms with E-state index in [0.29, 0.717) is 18.5 Å². The van der Waals surface area contributed by atoms with Gasteiger partial charge in [-0.3, -0.25) is 9.36 Å². The molecule has 6 rings (SSSR count). The summed E-state index contributed by atoms with van der Waals surface area (Å²) in [4.78, 5) is 12.9. The summed E-state index contributed by atoms with van der Waals surface area (Å²) in [5.74, 6) is 2.12. The topological polar surface area (TPSA) is 55.4 Å². The first-order chi connectivity index (χ1) is 14.3. The lowest BCUT2D eigenvalue weighted by atomic mass is 9.54. The Morgan fingerprint density at radius 1 is 1.07 bits per heavy atom. The zero-order valence-electron chi connectivity index (χ0n) is 18.4. The molecule has 0 radical (unpaired) electrons. The van der Waals surface area contributed by atoms with Gasteiger partial charge in [-0.25, -0.2) is 0 Å². The maximum absolute atomic E-state index is 14.6. The average molecular weight is 430 g/mol. The highest BCUT2D eigenvalue weighted by molar-refractivity contribution is 7.60. The summed E-state index contributed by atoms with van der Waals surface area (Å²) in [6, 6.07) is 10.1. The number of hydrogen-bond donors (Lipinski definition) is 1. The summed E-state index contributed by atoms with van der Waals surface area (Å²) < 4.78 is 21.4. The lowest BCUT2D eigenvalue weighted by molar-refractivity contribution is -0.127. The third kappa shape index (κ3) is 4.02. The van der Waals surface area contributed by atoms with Gasteiger partial charge in [-0.05, 0) is 74.2 Å². The van der Waals surface area contributed by atoms with E-state index in [9.17, 15) is 9.36 Å². The first kappa shape index (κ1) is 20.8. The molecule has 3 atom stereocenters. The molecule has 4 bridgehead atoms. The second-order valence-corrected chi connectivity index (χ2v) is 13.8. The van der Waals surface area contributed by atoms with Gasteiger partial charge in [0.25, 0.3) is 0 Å². The van der Waals surface area contributed by atoms with Crippen LogP contribution in [0.4, 0.5) is 0 Å². The van der Waals surface area contributed by atoms with Crippen LogP contribution in [-0.2, 0) is 20.3 Å². The van der Waals surface area contributed by atoms with Crippen LogP contribution >= 0.6 is 7.37 Å². The van der Waals surface area contributed by atoms with Crippen molar-refractivity contribution in [3.8, 4) is 0 Å². The first-order valence-corrected chi connectivity index (χ1v) is 13.8. The fraction of sp³-hybridized carbons (Fsp3) is 0.720. The number of nitrogens with one attached hydrogen (secondary N) is 1. The highest BCUT2D eigenvalue weighted by atomic mass is 31.2. The van der Waals surface area contributed by atoms with Crippen LogP contribution in [0, 0.1) is 29.6 Å². The van der Waals surface area contributed by atoms with E-state index in [1.807, 2.05) is 18.2 Å². The van der Waals surface area contributed by atoms with Gasteiger partial charge in [-0.15, -0.1) is 0 Å². The van der Waals surface area contributed by atoms with Crippen LogP contribution in [0.15, 0.2) is 30.3 Å². The molecule has 4 saturated carbocycles. The Labute approximate surface area is 181 Å². The van der Waals surface area contributed by atoms with Crippen LogP contribution in [0.3, 0.4) is 0 Å².